The van der Waals surface area contributed by atoms with Crippen LogP contribution in [0.25, 0.3) is 22.2 Å². The topological polar surface area (TPSA) is 38.7 Å². The molecule has 0 aliphatic rings. The molecule has 0 saturated carbocycles. The van der Waals surface area contributed by atoms with Crippen molar-refractivity contribution in [3.05, 3.63) is 53.0 Å². The van der Waals surface area contributed by atoms with E-state index in [0.717, 1.165) is 32.6 Å². The van der Waals surface area contributed by atoms with Gasteiger partial charge in [-0.1, -0.05) is 32.0 Å². The molecule has 0 unspecified atom stereocenters. The lowest BCUT2D eigenvalue weighted by atomic mass is 10.0. The van der Waals surface area contributed by atoms with E-state index in [0.29, 0.717) is 5.92 Å². The SMILES string of the molecule is CC(C)c1nc(Br)cc(-c2cccc3ncccc23)n1. The summed E-state index contributed by atoms with van der Waals surface area (Å²) in [6, 6.07) is 12.1. The fraction of sp³-hybridized carbons (Fsp3) is 0.188. The van der Waals surface area contributed by atoms with Gasteiger partial charge in [0.15, 0.2) is 0 Å². The molecule has 0 radical (unpaired) electrons. The van der Waals surface area contributed by atoms with E-state index in [1.165, 1.54) is 0 Å². The number of aromatic nitrogens is 3. The second-order valence-corrected chi connectivity index (χ2v) is 5.78. The summed E-state index contributed by atoms with van der Waals surface area (Å²) in [5.41, 5.74) is 2.99. The Morgan fingerprint density at radius 2 is 1.90 bits per heavy atom. The first-order chi connectivity index (χ1) is 9.65. The fourth-order valence-electron chi connectivity index (χ4n) is 2.16. The first-order valence-corrected chi connectivity index (χ1v) is 7.33. The minimum Gasteiger partial charge on any atom is -0.256 e. The number of hydrogen-bond acceptors (Lipinski definition) is 3. The number of nitrogens with zero attached hydrogens (tertiary/aromatic N) is 3. The van der Waals surface area contributed by atoms with Gasteiger partial charge < -0.3 is 0 Å². The Kier molecular flexibility index (Phi) is 3.49. The molecule has 2 aromatic heterocycles. The van der Waals surface area contributed by atoms with Gasteiger partial charge in [-0.2, -0.15) is 0 Å². The molecule has 100 valence electrons. The molecule has 0 bridgehead atoms. The molecule has 0 saturated heterocycles. The third-order valence-corrected chi connectivity index (χ3v) is 3.56. The molecule has 1 aromatic carbocycles. The molecule has 0 atom stereocenters. The van der Waals surface area contributed by atoms with Gasteiger partial charge in [0.05, 0.1) is 11.2 Å². The van der Waals surface area contributed by atoms with Crippen molar-refractivity contribution in [2.75, 3.05) is 0 Å². The lowest BCUT2D eigenvalue weighted by Gasteiger charge is -2.09. The zero-order valence-electron chi connectivity index (χ0n) is 11.3. The molecule has 0 aliphatic carbocycles. The fourth-order valence-corrected chi connectivity index (χ4v) is 2.56. The van der Waals surface area contributed by atoms with Crippen LogP contribution in [-0.2, 0) is 0 Å². The maximum atomic E-state index is 4.68. The van der Waals surface area contributed by atoms with Gasteiger partial charge in [-0.15, -0.1) is 0 Å². The summed E-state index contributed by atoms with van der Waals surface area (Å²) in [5, 5.41) is 1.11. The molecule has 4 heteroatoms. The highest BCUT2D eigenvalue weighted by molar-refractivity contribution is 9.10. The zero-order chi connectivity index (χ0) is 14.1. The van der Waals surface area contributed by atoms with E-state index in [1.807, 2.05) is 30.5 Å². The largest absolute Gasteiger partial charge is 0.256 e. The first kappa shape index (κ1) is 13.2. The molecular weight excluding hydrogens is 314 g/mol. The van der Waals surface area contributed by atoms with Crippen LogP contribution in [0, 0.1) is 0 Å². The van der Waals surface area contributed by atoms with Gasteiger partial charge in [-0.05, 0) is 34.1 Å². The molecule has 0 aliphatic heterocycles. The minimum atomic E-state index is 0.291. The highest BCUT2D eigenvalue weighted by Crippen LogP contribution is 2.28. The Hall–Kier alpha value is -1.81. The second kappa shape index (κ2) is 5.29. The number of benzene rings is 1. The molecular formula is C16H14BrN3. The van der Waals surface area contributed by atoms with Gasteiger partial charge in [-0.3, -0.25) is 4.98 Å². The lowest BCUT2D eigenvalue weighted by Crippen LogP contribution is -1.99. The highest BCUT2D eigenvalue weighted by atomic mass is 79.9. The number of rotatable bonds is 2. The lowest BCUT2D eigenvalue weighted by molar-refractivity contribution is 0.771. The van der Waals surface area contributed by atoms with Gasteiger partial charge in [0.25, 0.3) is 0 Å². The molecule has 2 heterocycles. The van der Waals surface area contributed by atoms with E-state index in [4.69, 9.17) is 0 Å². The van der Waals surface area contributed by atoms with Crippen molar-refractivity contribution in [3.8, 4) is 11.3 Å². The van der Waals surface area contributed by atoms with Gasteiger partial charge in [0, 0.05) is 23.1 Å². The molecule has 0 amide bonds. The van der Waals surface area contributed by atoms with Crippen molar-refractivity contribution >= 4 is 26.8 Å². The second-order valence-electron chi connectivity index (χ2n) is 4.96. The zero-order valence-corrected chi connectivity index (χ0v) is 12.9. The van der Waals surface area contributed by atoms with Crippen LogP contribution in [0.4, 0.5) is 0 Å². The monoisotopic (exact) mass is 327 g/mol. The normalized spacial score (nSPS) is 11.2. The Morgan fingerprint density at radius 3 is 2.70 bits per heavy atom. The summed E-state index contributed by atoms with van der Waals surface area (Å²) >= 11 is 3.48. The van der Waals surface area contributed by atoms with Crippen LogP contribution < -0.4 is 0 Å². The van der Waals surface area contributed by atoms with Gasteiger partial charge in [-0.25, -0.2) is 9.97 Å². The average molecular weight is 328 g/mol. The van der Waals surface area contributed by atoms with Crippen LogP contribution in [-0.4, -0.2) is 15.0 Å². The van der Waals surface area contributed by atoms with Crippen LogP contribution in [0.5, 0.6) is 0 Å². The van der Waals surface area contributed by atoms with Crippen LogP contribution in [0.3, 0.4) is 0 Å². The summed E-state index contributed by atoms with van der Waals surface area (Å²) in [7, 11) is 0. The quantitative estimate of drug-likeness (QED) is 0.647. The number of fused-ring (bicyclic) bond motifs is 1. The number of pyridine rings is 1. The third kappa shape index (κ3) is 2.43. The van der Waals surface area contributed by atoms with E-state index in [2.05, 4.69) is 56.9 Å². The van der Waals surface area contributed by atoms with E-state index in [1.54, 1.807) is 0 Å². The van der Waals surface area contributed by atoms with Crippen LogP contribution in [0.15, 0.2) is 47.2 Å². The van der Waals surface area contributed by atoms with Gasteiger partial charge >= 0.3 is 0 Å². The molecule has 3 nitrogen and oxygen atoms in total. The van der Waals surface area contributed by atoms with Crippen molar-refractivity contribution in [1.82, 2.24) is 15.0 Å². The first-order valence-electron chi connectivity index (χ1n) is 6.54. The van der Waals surface area contributed by atoms with E-state index < -0.39 is 0 Å². The van der Waals surface area contributed by atoms with Gasteiger partial charge in [0.2, 0.25) is 0 Å². The van der Waals surface area contributed by atoms with Crippen molar-refractivity contribution in [2.45, 2.75) is 19.8 Å². The Balaban J connectivity index is 2.25. The summed E-state index contributed by atoms with van der Waals surface area (Å²) < 4.78 is 0.812. The molecule has 0 N–H and O–H groups in total. The molecule has 20 heavy (non-hydrogen) atoms. The predicted octanol–water partition coefficient (Wildman–Crippen LogP) is 4.58. The Morgan fingerprint density at radius 1 is 1.05 bits per heavy atom. The highest BCUT2D eigenvalue weighted by Gasteiger charge is 2.10. The van der Waals surface area contributed by atoms with Crippen LogP contribution in [0.2, 0.25) is 0 Å². The molecule has 0 fully saturated rings. The van der Waals surface area contributed by atoms with E-state index in [-0.39, 0.29) is 0 Å². The summed E-state index contributed by atoms with van der Waals surface area (Å²) in [6.07, 6.45) is 1.81. The summed E-state index contributed by atoms with van der Waals surface area (Å²) in [6.45, 7) is 4.19. The molecule has 3 aromatic rings. The van der Waals surface area contributed by atoms with Gasteiger partial charge in [0.1, 0.15) is 10.4 Å². The molecule has 3 rings (SSSR count). The predicted molar refractivity (Wildman–Crippen MR) is 84.6 cm³/mol. The number of halogens is 1. The summed E-state index contributed by atoms with van der Waals surface area (Å²) in [4.78, 5) is 13.5. The maximum Gasteiger partial charge on any atom is 0.132 e. The van der Waals surface area contributed by atoms with Crippen LogP contribution in [0.1, 0.15) is 25.6 Å². The van der Waals surface area contributed by atoms with Crippen LogP contribution >= 0.6 is 15.9 Å². The minimum absolute atomic E-state index is 0.291. The van der Waals surface area contributed by atoms with Crippen molar-refractivity contribution < 1.29 is 0 Å². The standard InChI is InChI=1S/C16H14BrN3/c1-10(2)16-19-14(9-15(17)20-16)12-5-3-7-13-11(12)6-4-8-18-13/h3-10H,1-2H3. The van der Waals surface area contributed by atoms with E-state index >= 15 is 0 Å². The van der Waals surface area contributed by atoms with Crippen molar-refractivity contribution in [1.29, 1.82) is 0 Å². The number of hydrogen-bond donors (Lipinski definition) is 0. The smallest absolute Gasteiger partial charge is 0.132 e. The van der Waals surface area contributed by atoms with E-state index in [9.17, 15) is 0 Å². The third-order valence-electron chi connectivity index (χ3n) is 3.15. The maximum absolute atomic E-state index is 4.68. The molecule has 0 spiro atoms. The average Bonchev–Trinajstić information content (AvgIpc) is 2.46. The Labute approximate surface area is 126 Å². The summed E-state index contributed by atoms with van der Waals surface area (Å²) in [5.74, 6) is 1.13. The van der Waals surface area contributed by atoms with Crippen molar-refractivity contribution in [2.24, 2.45) is 0 Å². The Bertz CT molecular complexity index is 763. The van der Waals surface area contributed by atoms with Crippen molar-refractivity contribution in [3.63, 3.8) is 0 Å².